The van der Waals surface area contributed by atoms with Crippen LogP contribution in [-0.4, -0.2) is 24.5 Å². The van der Waals surface area contributed by atoms with Gasteiger partial charge in [-0.15, -0.1) is 0 Å². The second kappa shape index (κ2) is 6.91. The van der Waals surface area contributed by atoms with Crippen LogP contribution in [0.3, 0.4) is 0 Å². The first-order chi connectivity index (χ1) is 7.69. The van der Waals surface area contributed by atoms with Crippen LogP contribution in [0, 0.1) is 0 Å². The monoisotopic (exact) mass is 350 g/mol. The summed E-state index contributed by atoms with van der Waals surface area (Å²) in [6, 6.07) is 7.39. The maximum Gasteiger partial charge on any atom is 0.347 e. The lowest BCUT2D eigenvalue weighted by molar-refractivity contribution is -0.148. The number of ether oxygens (including phenoxy) is 2. The molecule has 16 heavy (non-hydrogen) atoms. The maximum atomic E-state index is 11.4. The quantitative estimate of drug-likeness (QED) is 0.603. The van der Waals surface area contributed by atoms with E-state index in [1.54, 1.807) is 6.07 Å². The molecule has 5 heteroatoms. The first-order valence-electron chi connectivity index (χ1n) is 4.74. The van der Waals surface area contributed by atoms with Gasteiger partial charge in [0, 0.05) is 11.8 Å². The van der Waals surface area contributed by atoms with Crippen molar-refractivity contribution in [2.24, 2.45) is 0 Å². The average molecular weight is 352 g/mol. The molecule has 0 aliphatic heterocycles. The van der Waals surface area contributed by atoms with Gasteiger partial charge in [-0.3, -0.25) is 0 Å². The summed E-state index contributed by atoms with van der Waals surface area (Å²) < 4.78 is 11.1. The highest BCUT2D eigenvalue weighted by atomic mass is 79.9. The number of rotatable bonds is 5. The Bertz CT molecular complexity index is 355. The van der Waals surface area contributed by atoms with Crippen LogP contribution in [0.4, 0.5) is 0 Å². The number of carbonyl (C=O) groups is 1. The fraction of sp³-hybridized carbons (Fsp3) is 0.364. The number of hydrogen-bond acceptors (Lipinski definition) is 3. The molecule has 0 aromatic heterocycles. The molecule has 0 spiro atoms. The molecule has 88 valence electrons. The minimum absolute atomic E-state index is 0.366. The van der Waals surface area contributed by atoms with Crippen molar-refractivity contribution < 1.29 is 14.3 Å². The third-order valence-corrected chi connectivity index (χ3v) is 3.05. The molecule has 1 rings (SSSR count). The number of alkyl halides is 1. The maximum absolute atomic E-state index is 11.4. The molecule has 0 heterocycles. The summed E-state index contributed by atoms with van der Waals surface area (Å²) in [5.41, 5.74) is 0. The number of methoxy groups -OCH3 is 1. The van der Waals surface area contributed by atoms with E-state index in [0.29, 0.717) is 17.5 Å². The predicted molar refractivity (Wildman–Crippen MR) is 69.0 cm³/mol. The molecule has 0 fully saturated rings. The molecule has 1 aromatic rings. The van der Waals surface area contributed by atoms with E-state index in [1.807, 2.05) is 18.2 Å². The lowest BCUT2D eigenvalue weighted by atomic mass is 10.2. The summed E-state index contributed by atoms with van der Waals surface area (Å²) in [5, 5.41) is 0.678. The summed E-state index contributed by atoms with van der Waals surface area (Å²) in [7, 11) is 1.35. The lowest BCUT2D eigenvalue weighted by Crippen LogP contribution is -2.29. The van der Waals surface area contributed by atoms with Crippen molar-refractivity contribution in [1.82, 2.24) is 0 Å². The van der Waals surface area contributed by atoms with Gasteiger partial charge in [0.1, 0.15) is 5.75 Å². The third-order valence-electron chi connectivity index (χ3n) is 1.94. The van der Waals surface area contributed by atoms with Crippen molar-refractivity contribution in [3.8, 4) is 5.75 Å². The lowest BCUT2D eigenvalue weighted by Gasteiger charge is -2.16. The third kappa shape index (κ3) is 3.79. The number of carbonyl (C=O) groups excluding carboxylic acids is 1. The fourth-order valence-electron chi connectivity index (χ4n) is 1.15. The highest BCUT2D eigenvalue weighted by Gasteiger charge is 2.21. The van der Waals surface area contributed by atoms with Gasteiger partial charge in [0.05, 0.1) is 11.6 Å². The molecule has 0 radical (unpaired) electrons. The number of halogens is 2. The molecule has 1 aromatic carbocycles. The Kier molecular flexibility index (Phi) is 5.84. The van der Waals surface area contributed by atoms with E-state index >= 15 is 0 Å². The molecule has 0 bridgehead atoms. The summed E-state index contributed by atoms with van der Waals surface area (Å²) in [6.45, 7) is 0. The van der Waals surface area contributed by atoms with Crippen LogP contribution in [0.2, 0.25) is 0 Å². The van der Waals surface area contributed by atoms with Gasteiger partial charge in [-0.25, -0.2) is 4.79 Å². The minimum atomic E-state index is -0.580. The van der Waals surface area contributed by atoms with Crippen molar-refractivity contribution in [1.29, 1.82) is 0 Å². The first-order valence-corrected chi connectivity index (χ1v) is 6.65. The second-order valence-electron chi connectivity index (χ2n) is 3.04. The summed E-state index contributed by atoms with van der Waals surface area (Å²) in [6.07, 6.45) is -0.0170. The zero-order chi connectivity index (χ0) is 12.0. The molecule has 0 saturated carbocycles. The van der Waals surface area contributed by atoms with E-state index in [1.165, 1.54) is 7.11 Å². The SMILES string of the molecule is COC(=O)C(CCBr)Oc1ccccc1Br. The van der Waals surface area contributed by atoms with Gasteiger partial charge in [0.2, 0.25) is 0 Å². The Morgan fingerprint density at radius 2 is 2.12 bits per heavy atom. The van der Waals surface area contributed by atoms with Crippen molar-refractivity contribution >= 4 is 37.8 Å². The van der Waals surface area contributed by atoms with Crippen LogP contribution in [0.5, 0.6) is 5.75 Å². The second-order valence-corrected chi connectivity index (χ2v) is 4.69. The minimum Gasteiger partial charge on any atom is -0.478 e. The Morgan fingerprint density at radius 3 is 2.69 bits per heavy atom. The zero-order valence-electron chi connectivity index (χ0n) is 8.78. The largest absolute Gasteiger partial charge is 0.478 e. The Morgan fingerprint density at radius 1 is 1.44 bits per heavy atom. The Labute approximate surface area is 111 Å². The molecule has 3 nitrogen and oxygen atoms in total. The van der Waals surface area contributed by atoms with Gasteiger partial charge in [0.25, 0.3) is 0 Å². The van der Waals surface area contributed by atoms with Gasteiger partial charge in [-0.1, -0.05) is 28.1 Å². The molecule has 0 aliphatic carbocycles. The smallest absolute Gasteiger partial charge is 0.347 e. The van der Waals surface area contributed by atoms with Gasteiger partial charge in [0.15, 0.2) is 6.10 Å². The Hall–Kier alpha value is -0.550. The molecular formula is C11H12Br2O3. The summed E-state index contributed by atoms with van der Waals surface area (Å²) in [4.78, 5) is 11.4. The van der Waals surface area contributed by atoms with Gasteiger partial charge in [-0.05, 0) is 28.1 Å². The first kappa shape index (κ1) is 13.5. The van der Waals surface area contributed by atoms with E-state index in [2.05, 4.69) is 36.6 Å². The molecule has 0 amide bonds. The normalized spacial score (nSPS) is 11.9. The predicted octanol–water partition coefficient (Wildman–Crippen LogP) is 3.15. The van der Waals surface area contributed by atoms with Gasteiger partial charge >= 0.3 is 5.97 Å². The number of benzene rings is 1. The molecule has 1 atom stereocenters. The molecule has 0 N–H and O–H groups in total. The Balaban J connectivity index is 2.75. The highest BCUT2D eigenvalue weighted by Crippen LogP contribution is 2.25. The van der Waals surface area contributed by atoms with Crippen LogP contribution in [-0.2, 0) is 9.53 Å². The van der Waals surface area contributed by atoms with Gasteiger partial charge < -0.3 is 9.47 Å². The zero-order valence-corrected chi connectivity index (χ0v) is 12.0. The van der Waals surface area contributed by atoms with E-state index in [4.69, 9.17) is 4.74 Å². The number of esters is 1. The van der Waals surface area contributed by atoms with Crippen LogP contribution >= 0.6 is 31.9 Å². The number of hydrogen-bond donors (Lipinski definition) is 0. The summed E-state index contributed by atoms with van der Waals surface area (Å²) >= 11 is 6.64. The average Bonchev–Trinajstić information content (AvgIpc) is 2.30. The van der Waals surface area contributed by atoms with Crippen molar-refractivity contribution in [3.63, 3.8) is 0 Å². The van der Waals surface area contributed by atoms with Gasteiger partial charge in [-0.2, -0.15) is 0 Å². The van der Waals surface area contributed by atoms with E-state index < -0.39 is 6.10 Å². The van der Waals surface area contributed by atoms with Crippen LogP contribution < -0.4 is 4.74 Å². The van der Waals surface area contributed by atoms with Crippen LogP contribution in [0.1, 0.15) is 6.42 Å². The molecule has 0 saturated heterocycles. The van der Waals surface area contributed by atoms with Crippen LogP contribution in [0.25, 0.3) is 0 Å². The number of para-hydroxylation sites is 1. The highest BCUT2D eigenvalue weighted by molar-refractivity contribution is 9.10. The molecule has 1 unspecified atom stereocenters. The standard InChI is InChI=1S/C11H12Br2O3/c1-15-11(14)10(6-7-12)16-9-5-3-2-4-8(9)13/h2-5,10H,6-7H2,1H3. The molecular weight excluding hydrogens is 340 g/mol. The van der Waals surface area contributed by atoms with Crippen molar-refractivity contribution in [2.75, 3.05) is 12.4 Å². The van der Waals surface area contributed by atoms with E-state index in [0.717, 1.165) is 4.47 Å². The van der Waals surface area contributed by atoms with Crippen LogP contribution in [0.15, 0.2) is 28.7 Å². The topological polar surface area (TPSA) is 35.5 Å². The van der Waals surface area contributed by atoms with Crippen molar-refractivity contribution in [3.05, 3.63) is 28.7 Å². The fourth-order valence-corrected chi connectivity index (χ4v) is 1.94. The van der Waals surface area contributed by atoms with Crippen molar-refractivity contribution in [2.45, 2.75) is 12.5 Å². The summed E-state index contributed by atoms with van der Waals surface area (Å²) in [5.74, 6) is 0.272. The molecule has 0 aliphatic rings. The van der Waals surface area contributed by atoms with E-state index in [9.17, 15) is 4.79 Å². The van der Waals surface area contributed by atoms with E-state index in [-0.39, 0.29) is 5.97 Å².